The molecule has 9 heterocycles. The van der Waals surface area contributed by atoms with Gasteiger partial charge in [0.25, 0.3) is 5.91 Å². The summed E-state index contributed by atoms with van der Waals surface area (Å²) in [6.07, 6.45) is 2.96. The number of carbonyl (C=O) groups excluding carboxylic acids is 5. The van der Waals surface area contributed by atoms with Crippen molar-refractivity contribution in [1.82, 2.24) is 54.8 Å². The maximum Gasteiger partial charge on any atom is 0.406 e. The number of hydrazine groups is 1. The lowest BCUT2D eigenvalue weighted by Gasteiger charge is -2.55. The number of thiazole rings is 1. The highest BCUT2D eigenvalue weighted by Gasteiger charge is 2.63. The third kappa shape index (κ3) is 12.4. The zero-order valence-electron chi connectivity index (χ0n) is 50.4. The summed E-state index contributed by atoms with van der Waals surface area (Å²) in [5.74, 6) is -1.28. The molecule has 2 aliphatic carbocycles. The van der Waals surface area contributed by atoms with Gasteiger partial charge in [0.15, 0.2) is 0 Å². The molecule has 4 amide bonds. The Labute approximate surface area is 499 Å². The first-order chi connectivity index (χ1) is 40.4. The topological polar surface area (TPSA) is 181 Å². The quantitative estimate of drug-likeness (QED) is 0.119. The lowest BCUT2D eigenvalue weighted by Crippen LogP contribution is -2.73. The van der Waals surface area contributed by atoms with Gasteiger partial charge in [0, 0.05) is 111 Å². The van der Waals surface area contributed by atoms with Crippen molar-refractivity contribution in [1.29, 1.82) is 0 Å². The van der Waals surface area contributed by atoms with Crippen molar-refractivity contribution < 1.29 is 46.6 Å². The Bertz CT molecular complexity index is 3210. The fourth-order valence-corrected chi connectivity index (χ4v) is 14.9. The van der Waals surface area contributed by atoms with Crippen LogP contribution in [0.4, 0.5) is 18.9 Å². The maximum atomic E-state index is 15.2. The SMILES string of the molecule is CC(C)c1ncc(N2CCN(C3CC3)CC2)cc1-c1c2c3cc(ccc3n1CC(F)(F)F)-c1csc(n1)C[C@H](NC(=O)[C@H](C(C)C)N1CCOC3(CN(C(=O)[C@H]4[C@@H](C5CC5)N4CC(=O)N(C)C)C3)C1)C(=O)N1CCC[C@H](N1)C(=O)OCC(C)(C)C2. The second-order valence-corrected chi connectivity index (χ2v) is 28.0. The van der Waals surface area contributed by atoms with E-state index in [1.54, 1.807) is 31.1 Å². The summed E-state index contributed by atoms with van der Waals surface area (Å²) in [4.78, 5) is 93.4. The number of ether oxygens (including phenoxy) is 2. The van der Waals surface area contributed by atoms with E-state index in [1.165, 1.54) is 33.8 Å². The number of hydrogen-bond donors (Lipinski definition) is 2. The molecule has 3 aromatic heterocycles. The molecule has 0 radical (unpaired) electrons. The summed E-state index contributed by atoms with van der Waals surface area (Å²) in [6, 6.07) is 5.20. The van der Waals surface area contributed by atoms with Gasteiger partial charge < -0.3 is 34.1 Å². The van der Waals surface area contributed by atoms with Crippen LogP contribution in [-0.4, -0.2) is 214 Å². The standard InChI is InChI=1S/C62H83F3N12O7S/c1-36(2)51-43(25-41(28-66-51)72-20-18-71(19-21-72)40-14-15-40)54-44-27-60(5,6)35-83-59(82)45-10-9-17-77(69-45)57(80)46(26-49-67-47(30-85-49)39-13-16-48(42(44)24-39)76(54)34-62(63,64)65)68-56(79)52(37(3)4)73-22-23-84-61(31-73)32-74(33-61)58(81)55-53(38-11-12-38)75(55)29-50(78)70(7)8/h13,16,24-25,28,30,36-38,40,45-46,52-53,55,69H,9-12,14-15,17-23,26-27,29,31-35H2,1-8H3,(H,68,79)/t45-,46-,52-,53+,55+,75?/m0/s1. The average Bonchev–Trinajstić information content (AvgIpc) is 1.73. The molecule has 8 aliphatic rings. The van der Waals surface area contributed by atoms with Gasteiger partial charge >= 0.3 is 12.1 Å². The fraction of sp³-hybridized carbons (Fsp3) is 0.661. The molecule has 85 heavy (non-hydrogen) atoms. The highest BCUT2D eigenvalue weighted by molar-refractivity contribution is 7.10. The first-order valence-corrected chi connectivity index (χ1v) is 31.6. The third-order valence-electron chi connectivity index (χ3n) is 18.8. The van der Waals surface area contributed by atoms with Gasteiger partial charge in [0.2, 0.25) is 17.7 Å². The molecule has 12 rings (SSSR count). The second kappa shape index (κ2) is 23.1. The van der Waals surface area contributed by atoms with Gasteiger partial charge in [-0.3, -0.25) is 48.7 Å². The number of alkyl halides is 3. The molecule has 6 aliphatic heterocycles. The summed E-state index contributed by atoms with van der Waals surface area (Å²) in [6.45, 7) is 16.3. The van der Waals surface area contributed by atoms with Gasteiger partial charge in [-0.1, -0.05) is 47.6 Å². The van der Waals surface area contributed by atoms with E-state index in [0.29, 0.717) is 107 Å². The first-order valence-electron chi connectivity index (χ1n) is 30.8. The minimum Gasteiger partial charge on any atom is -0.464 e. The van der Waals surface area contributed by atoms with Gasteiger partial charge in [-0.2, -0.15) is 13.2 Å². The van der Waals surface area contributed by atoms with Crippen LogP contribution in [0.15, 0.2) is 35.8 Å². The molecular formula is C62H83F3N12O7S. The van der Waals surface area contributed by atoms with Crippen molar-refractivity contribution in [2.45, 2.75) is 153 Å². The Morgan fingerprint density at radius 2 is 1.71 bits per heavy atom. The summed E-state index contributed by atoms with van der Waals surface area (Å²) >= 11 is 1.33. The number of rotatable bonds is 13. The third-order valence-corrected chi connectivity index (χ3v) is 19.7. The van der Waals surface area contributed by atoms with Crippen LogP contribution in [0.1, 0.15) is 102 Å². The summed E-state index contributed by atoms with van der Waals surface area (Å²) in [7, 11) is 3.45. The van der Waals surface area contributed by atoms with Crippen LogP contribution < -0.4 is 15.6 Å². The number of nitrogens with one attached hydrogen (secondary N) is 2. The van der Waals surface area contributed by atoms with Gasteiger partial charge in [-0.25, -0.2) is 10.4 Å². The number of likely N-dealkylation sites (tertiary alicyclic amines) is 1. The van der Waals surface area contributed by atoms with Crippen LogP contribution in [0.25, 0.3) is 33.4 Å². The smallest absolute Gasteiger partial charge is 0.406 e. The maximum absolute atomic E-state index is 15.2. The number of morpholine rings is 1. The van der Waals surface area contributed by atoms with Crippen molar-refractivity contribution in [2.24, 2.45) is 17.3 Å². The number of aromatic nitrogens is 3. The number of amides is 4. The number of esters is 1. The predicted octanol–water partition coefficient (Wildman–Crippen LogP) is 5.93. The fourth-order valence-electron chi connectivity index (χ4n) is 14.1. The van der Waals surface area contributed by atoms with Crippen LogP contribution in [0.5, 0.6) is 0 Å². The number of anilines is 1. The Balaban J connectivity index is 0.846. The van der Waals surface area contributed by atoms with Crippen molar-refractivity contribution >= 4 is 57.5 Å². The molecule has 7 fully saturated rings. The minimum atomic E-state index is -4.58. The molecular weight excluding hydrogens is 1110 g/mol. The normalized spacial score (nSPS) is 26.1. The Hall–Kier alpha value is -5.72. The van der Waals surface area contributed by atoms with E-state index in [2.05, 4.69) is 25.4 Å². The number of hydrogen-bond acceptors (Lipinski definition) is 15. The van der Waals surface area contributed by atoms with Gasteiger partial charge in [-0.05, 0) is 86.5 Å². The predicted molar refractivity (Wildman–Crippen MR) is 316 cm³/mol. The molecule has 2 N–H and O–H groups in total. The van der Waals surface area contributed by atoms with E-state index in [1.807, 2.05) is 75.1 Å². The van der Waals surface area contributed by atoms with Gasteiger partial charge in [-0.15, -0.1) is 11.3 Å². The zero-order valence-corrected chi connectivity index (χ0v) is 51.2. The molecule has 460 valence electrons. The van der Waals surface area contributed by atoms with Crippen LogP contribution in [-0.2, 0) is 52.8 Å². The lowest BCUT2D eigenvalue weighted by molar-refractivity contribution is -0.197. The van der Waals surface area contributed by atoms with Crippen LogP contribution in [0, 0.1) is 17.3 Å². The van der Waals surface area contributed by atoms with Gasteiger partial charge in [0.05, 0.1) is 72.9 Å². The number of piperazine rings is 1. The summed E-state index contributed by atoms with van der Waals surface area (Å²) in [5.41, 5.74) is 6.62. The summed E-state index contributed by atoms with van der Waals surface area (Å²) in [5, 5.41) is 7.62. The Kier molecular flexibility index (Phi) is 16.2. The molecule has 1 unspecified atom stereocenters. The Morgan fingerprint density at radius 3 is 2.39 bits per heavy atom. The number of benzene rings is 1. The van der Waals surface area contributed by atoms with Crippen molar-refractivity contribution in [3.63, 3.8) is 0 Å². The molecule has 6 atom stereocenters. The average molecular weight is 1200 g/mol. The highest BCUT2D eigenvalue weighted by Crippen LogP contribution is 2.49. The molecule has 1 aromatic carbocycles. The molecule has 1 spiro atoms. The van der Waals surface area contributed by atoms with Crippen molar-refractivity contribution in [3.8, 4) is 22.5 Å². The molecule has 4 aromatic rings. The first kappa shape index (κ1) is 59.6. The number of fused-ring (bicyclic) bond motifs is 6. The minimum absolute atomic E-state index is 0.00993. The number of carbonyl (C=O) groups is 5. The number of pyridine rings is 1. The van der Waals surface area contributed by atoms with Gasteiger partial charge in [0.1, 0.15) is 30.3 Å². The van der Waals surface area contributed by atoms with Crippen LogP contribution >= 0.6 is 11.3 Å². The Morgan fingerprint density at radius 1 is 0.953 bits per heavy atom. The molecule has 19 nitrogen and oxygen atoms in total. The van der Waals surface area contributed by atoms with Crippen molar-refractivity contribution in [2.75, 3.05) is 97.7 Å². The zero-order chi connectivity index (χ0) is 60.0. The van der Waals surface area contributed by atoms with E-state index in [-0.39, 0.29) is 74.2 Å². The largest absolute Gasteiger partial charge is 0.464 e. The number of likely N-dealkylation sites (N-methyl/N-ethyl adjacent to an activating group) is 1. The van der Waals surface area contributed by atoms with E-state index in [9.17, 15) is 19.2 Å². The monoisotopic (exact) mass is 1200 g/mol. The van der Waals surface area contributed by atoms with E-state index < -0.39 is 53.7 Å². The molecule has 5 saturated heterocycles. The second-order valence-electron chi connectivity index (χ2n) is 27.1. The number of nitrogens with zero attached hydrogens (tertiary/aromatic N) is 10. The highest BCUT2D eigenvalue weighted by atomic mass is 32.1. The van der Waals surface area contributed by atoms with E-state index in [4.69, 9.17) is 19.4 Å². The molecule has 6 bridgehead atoms. The molecule has 23 heteroatoms. The van der Waals surface area contributed by atoms with Crippen molar-refractivity contribution in [3.05, 3.63) is 52.1 Å². The van der Waals surface area contributed by atoms with E-state index >= 15 is 18.0 Å². The number of cyclic esters (lactones) is 1. The summed E-state index contributed by atoms with van der Waals surface area (Å²) < 4.78 is 59.5. The van der Waals surface area contributed by atoms with Crippen LogP contribution in [0.2, 0.25) is 0 Å². The van der Waals surface area contributed by atoms with E-state index in [0.717, 1.165) is 44.7 Å². The number of halogens is 3. The molecule has 2 saturated carbocycles. The van der Waals surface area contributed by atoms with Crippen LogP contribution in [0.3, 0.4) is 0 Å². The lowest BCUT2D eigenvalue weighted by atomic mass is 9.84.